The number of hydrogen-bond donors (Lipinski definition) is 3. The van der Waals surface area contributed by atoms with Gasteiger partial charge in [0.15, 0.2) is 0 Å². The molecule has 3 N–H and O–H groups in total. The number of rotatable bonds is 5. The topological polar surface area (TPSA) is 61.4 Å². The van der Waals surface area contributed by atoms with E-state index >= 15 is 0 Å². The summed E-state index contributed by atoms with van der Waals surface area (Å²) in [6.07, 6.45) is 2.74. The van der Waals surface area contributed by atoms with Crippen LogP contribution in [0, 0.1) is 5.92 Å². The first-order valence-electron chi connectivity index (χ1n) is 5.37. The third-order valence-electron chi connectivity index (χ3n) is 2.61. The zero-order valence-corrected chi connectivity index (χ0v) is 8.75. The second-order valence-corrected chi connectivity index (χ2v) is 3.92. The van der Waals surface area contributed by atoms with Gasteiger partial charge < -0.3 is 15.7 Å². The second-order valence-electron chi connectivity index (χ2n) is 3.92. The zero-order chi connectivity index (χ0) is 10.4. The molecule has 2 atom stereocenters. The Bertz CT molecular complexity index is 185. The first kappa shape index (κ1) is 11.5. The highest BCUT2D eigenvalue weighted by Crippen LogP contribution is 2.24. The number of hydrogen-bond acceptors (Lipinski definition) is 3. The van der Waals surface area contributed by atoms with Crippen LogP contribution in [0.5, 0.6) is 0 Å². The number of amides is 1. The first-order chi connectivity index (χ1) is 6.72. The molecule has 1 aliphatic carbocycles. The van der Waals surface area contributed by atoms with Gasteiger partial charge in [-0.05, 0) is 38.6 Å². The number of aliphatic hydroxyl groups excluding tert-OH is 1. The monoisotopic (exact) mass is 200 g/mol. The van der Waals surface area contributed by atoms with Crippen molar-refractivity contribution in [1.29, 1.82) is 0 Å². The van der Waals surface area contributed by atoms with Crippen molar-refractivity contribution >= 4 is 5.91 Å². The molecular formula is C10H20N2O2. The maximum absolute atomic E-state index is 11.1. The van der Waals surface area contributed by atoms with Gasteiger partial charge in [0, 0.05) is 6.54 Å². The molecule has 0 aromatic heterocycles. The molecule has 1 saturated carbocycles. The van der Waals surface area contributed by atoms with E-state index < -0.39 is 0 Å². The van der Waals surface area contributed by atoms with Crippen LogP contribution in [0.1, 0.15) is 26.2 Å². The minimum atomic E-state index is -0.119. The molecule has 0 aromatic carbocycles. The predicted molar refractivity (Wildman–Crippen MR) is 54.9 cm³/mol. The number of aliphatic hydroxyl groups is 1. The zero-order valence-electron chi connectivity index (χ0n) is 8.75. The maximum Gasteiger partial charge on any atom is 0.233 e. The fraction of sp³-hybridized carbons (Fsp3) is 0.900. The van der Waals surface area contributed by atoms with E-state index in [1.807, 2.05) is 6.92 Å². The van der Waals surface area contributed by atoms with Crippen LogP contribution in [0.2, 0.25) is 0 Å². The van der Waals surface area contributed by atoms with Crippen molar-refractivity contribution in [3.8, 4) is 0 Å². The summed E-state index contributed by atoms with van der Waals surface area (Å²) in [6.45, 7) is 3.82. The van der Waals surface area contributed by atoms with Gasteiger partial charge in [-0.25, -0.2) is 0 Å². The van der Waals surface area contributed by atoms with Gasteiger partial charge in [-0.3, -0.25) is 4.79 Å². The smallest absolute Gasteiger partial charge is 0.233 e. The van der Waals surface area contributed by atoms with E-state index in [1.165, 1.54) is 0 Å². The molecule has 2 unspecified atom stereocenters. The van der Waals surface area contributed by atoms with Crippen LogP contribution < -0.4 is 10.6 Å². The molecule has 1 amide bonds. The normalized spacial score (nSPS) is 26.4. The summed E-state index contributed by atoms with van der Waals surface area (Å²) < 4.78 is 0. The molecule has 1 fully saturated rings. The van der Waals surface area contributed by atoms with Gasteiger partial charge in [-0.1, -0.05) is 0 Å². The fourth-order valence-electron chi connectivity index (χ4n) is 1.88. The van der Waals surface area contributed by atoms with Crippen molar-refractivity contribution < 1.29 is 9.90 Å². The van der Waals surface area contributed by atoms with Gasteiger partial charge >= 0.3 is 0 Å². The van der Waals surface area contributed by atoms with E-state index in [0.717, 1.165) is 25.8 Å². The van der Waals surface area contributed by atoms with Crippen molar-refractivity contribution in [2.45, 2.75) is 32.3 Å². The van der Waals surface area contributed by atoms with Crippen LogP contribution in [0.15, 0.2) is 0 Å². The van der Waals surface area contributed by atoms with E-state index in [9.17, 15) is 9.90 Å². The molecule has 4 nitrogen and oxygen atoms in total. The summed E-state index contributed by atoms with van der Waals surface area (Å²) in [5.74, 6) is 0.588. The van der Waals surface area contributed by atoms with Crippen molar-refractivity contribution in [2.75, 3.05) is 19.6 Å². The highest BCUT2D eigenvalue weighted by molar-refractivity contribution is 5.77. The molecule has 0 aromatic rings. The molecule has 82 valence electrons. The van der Waals surface area contributed by atoms with Gasteiger partial charge in [0.1, 0.15) is 0 Å². The molecule has 1 aliphatic rings. The maximum atomic E-state index is 11.1. The first-order valence-corrected chi connectivity index (χ1v) is 5.37. The summed E-state index contributed by atoms with van der Waals surface area (Å²) in [5.41, 5.74) is 0. The van der Waals surface area contributed by atoms with E-state index in [2.05, 4.69) is 10.6 Å². The molecule has 14 heavy (non-hydrogen) atoms. The Morgan fingerprint density at radius 2 is 2.29 bits per heavy atom. The number of carbonyl (C=O) groups is 1. The summed E-state index contributed by atoms with van der Waals surface area (Å²) in [4.78, 5) is 11.1. The van der Waals surface area contributed by atoms with Crippen LogP contribution in [-0.4, -0.2) is 36.8 Å². The Balaban J connectivity index is 2.01. The van der Waals surface area contributed by atoms with Crippen LogP contribution in [0.4, 0.5) is 0 Å². The minimum absolute atomic E-state index is 0.0473. The second kappa shape index (κ2) is 5.98. The lowest BCUT2D eigenvalue weighted by molar-refractivity contribution is -0.120. The molecule has 0 bridgehead atoms. The average Bonchev–Trinajstić information content (AvgIpc) is 2.52. The standard InChI is InChI=1S/C10H20N2O2/c1-2-12-10(14)7-11-6-8-3-4-9(13)5-8/h8-9,11,13H,2-7H2,1H3,(H,12,14). The van der Waals surface area contributed by atoms with Crippen LogP contribution in [0.3, 0.4) is 0 Å². The van der Waals surface area contributed by atoms with Crippen molar-refractivity contribution in [2.24, 2.45) is 5.92 Å². The molecule has 0 aliphatic heterocycles. The number of nitrogens with one attached hydrogen (secondary N) is 2. The quantitative estimate of drug-likeness (QED) is 0.579. The van der Waals surface area contributed by atoms with E-state index in [1.54, 1.807) is 0 Å². The fourth-order valence-corrected chi connectivity index (χ4v) is 1.88. The molecule has 0 radical (unpaired) electrons. The van der Waals surface area contributed by atoms with E-state index in [-0.39, 0.29) is 12.0 Å². The number of carbonyl (C=O) groups excluding carboxylic acids is 1. The lowest BCUT2D eigenvalue weighted by Gasteiger charge is -2.10. The van der Waals surface area contributed by atoms with E-state index in [0.29, 0.717) is 19.0 Å². The SMILES string of the molecule is CCNC(=O)CNCC1CCC(O)C1. The molecule has 4 heteroatoms. The molecule has 0 saturated heterocycles. The molecule has 1 rings (SSSR count). The summed E-state index contributed by atoms with van der Waals surface area (Å²) in [6, 6.07) is 0. The lowest BCUT2D eigenvalue weighted by atomic mass is 10.1. The molecule has 0 heterocycles. The number of likely N-dealkylation sites (N-methyl/N-ethyl adjacent to an activating group) is 1. The Kier molecular flexibility index (Phi) is 4.90. The third kappa shape index (κ3) is 4.07. The third-order valence-corrected chi connectivity index (χ3v) is 2.61. The lowest BCUT2D eigenvalue weighted by Crippen LogP contribution is -2.35. The molecular weight excluding hydrogens is 180 g/mol. The van der Waals surface area contributed by atoms with Crippen LogP contribution in [0.25, 0.3) is 0 Å². The predicted octanol–water partition coefficient (Wildman–Crippen LogP) is -0.127. The Labute approximate surface area is 85.1 Å². The summed E-state index contributed by atoms with van der Waals surface area (Å²) in [7, 11) is 0. The Morgan fingerprint density at radius 3 is 2.86 bits per heavy atom. The van der Waals surface area contributed by atoms with Crippen molar-refractivity contribution in [3.05, 3.63) is 0 Å². The minimum Gasteiger partial charge on any atom is -0.393 e. The van der Waals surface area contributed by atoms with Crippen LogP contribution in [-0.2, 0) is 4.79 Å². The highest BCUT2D eigenvalue weighted by atomic mass is 16.3. The Hall–Kier alpha value is -0.610. The average molecular weight is 200 g/mol. The van der Waals surface area contributed by atoms with E-state index in [4.69, 9.17) is 0 Å². The largest absolute Gasteiger partial charge is 0.393 e. The highest BCUT2D eigenvalue weighted by Gasteiger charge is 2.22. The van der Waals surface area contributed by atoms with Gasteiger partial charge in [0.25, 0.3) is 0 Å². The van der Waals surface area contributed by atoms with Crippen molar-refractivity contribution in [1.82, 2.24) is 10.6 Å². The molecule has 0 spiro atoms. The van der Waals surface area contributed by atoms with Crippen molar-refractivity contribution in [3.63, 3.8) is 0 Å². The van der Waals surface area contributed by atoms with Gasteiger partial charge in [-0.2, -0.15) is 0 Å². The van der Waals surface area contributed by atoms with Gasteiger partial charge in [0.05, 0.1) is 12.6 Å². The van der Waals surface area contributed by atoms with Gasteiger partial charge in [0.2, 0.25) is 5.91 Å². The van der Waals surface area contributed by atoms with Gasteiger partial charge in [-0.15, -0.1) is 0 Å². The summed E-state index contributed by atoms with van der Waals surface area (Å²) >= 11 is 0. The van der Waals surface area contributed by atoms with Crippen LogP contribution >= 0.6 is 0 Å². The summed E-state index contributed by atoms with van der Waals surface area (Å²) in [5, 5.41) is 15.1. The Morgan fingerprint density at radius 1 is 1.50 bits per heavy atom.